The molecule has 1 aliphatic carbocycles. The Morgan fingerprint density at radius 1 is 1.33 bits per heavy atom. The summed E-state index contributed by atoms with van der Waals surface area (Å²) in [6.45, 7) is 3.37. The first-order valence-corrected chi connectivity index (χ1v) is 4.61. The van der Waals surface area contributed by atoms with E-state index in [1.165, 1.54) is 18.2 Å². The van der Waals surface area contributed by atoms with Crippen LogP contribution in [0.4, 0.5) is 0 Å². The van der Waals surface area contributed by atoms with Gasteiger partial charge in [-0.15, -0.1) is 11.6 Å². The molecule has 4 nitrogen and oxygen atoms in total. The normalized spacial score (nSPS) is 33.7. The van der Waals surface area contributed by atoms with Crippen molar-refractivity contribution in [3.63, 3.8) is 0 Å². The van der Waals surface area contributed by atoms with Crippen LogP contribution in [-0.2, 0) is 9.59 Å². The van der Waals surface area contributed by atoms with E-state index in [1.54, 1.807) is 26.0 Å². The van der Waals surface area contributed by atoms with Gasteiger partial charge in [0.15, 0.2) is 0 Å². The van der Waals surface area contributed by atoms with Crippen molar-refractivity contribution in [1.82, 2.24) is 0 Å². The van der Waals surface area contributed by atoms with Gasteiger partial charge in [-0.2, -0.15) is 9.98 Å². The zero-order chi connectivity index (χ0) is 11.5. The average molecular weight is 225 g/mol. The summed E-state index contributed by atoms with van der Waals surface area (Å²) in [7, 11) is 0. The van der Waals surface area contributed by atoms with E-state index < -0.39 is 10.4 Å². The van der Waals surface area contributed by atoms with Crippen molar-refractivity contribution < 1.29 is 9.59 Å². The third-order valence-electron chi connectivity index (χ3n) is 2.44. The van der Waals surface area contributed by atoms with E-state index >= 15 is 0 Å². The molecule has 0 heterocycles. The molecule has 1 rings (SSSR count). The number of rotatable bonds is 2. The lowest BCUT2D eigenvalue weighted by Crippen LogP contribution is -2.42. The molecule has 5 heteroatoms. The number of hydrogen-bond acceptors (Lipinski definition) is 4. The van der Waals surface area contributed by atoms with E-state index in [4.69, 9.17) is 11.6 Å². The lowest BCUT2D eigenvalue weighted by molar-refractivity contribution is 0.474. The zero-order valence-corrected chi connectivity index (χ0v) is 9.08. The highest BCUT2D eigenvalue weighted by Crippen LogP contribution is 2.39. The van der Waals surface area contributed by atoms with Gasteiger partial charge < -0.3 is 0 Å². The molecule has 15 heavy (non-hydrogen) atoms. The van der Waals surface area contributed by atoms with Gasteiger partial charge in [0.2, 0.25) is 12.2 Å². The molecule has 0 radical (unpaired) electrons. The van der Waals surface area contributed by atoms with Gasteiger partial charge in [-0.3, -0.25) is 0 Å². The number of aliphatic imine (C=N–C) groups is 2. The van der Waals surface area contributed by atoms with Crippen LogP contribution in [0.25, 0.3) is 0 Å². The SMILES string of the molecule is CC1(Cl)C=CC(N=C=O)=CC1(C)N=C=O. The molecule has 78 valence electrons. The van der Waals surface area contributed by atoms with E-state index in [2.05, 4.69) is 9.98 Å². The molecule has 0 aromatic rings. The van der Waals surface area contributed by atoms with Crippen LogP contribution in [0.3, 0.4) is 0 Å². The standard InChI is InChI=1S/C10H9ClN2O2/c1-9(11)4-3-8(12-6-14)5-10(9,2)13-7-15/h3-5H,1-2H3. The van der Waals surface area contributed by atoms with E-state index in [9.17, 15) is 9.59 Å². The molecule has 0 saturated carbocycles. The lowest BCUT2D eigenvalue weighted by Gasteiger charge is -2.35. The van der Waals surface area contributed by atoms with Gasteiger partial charge in [0.25, 0.3) is 0 Å². The molecule has 0 bridgehead atoms. The van der Waals surface area contributed by atoms with Crippen LogP contribution >= 0.6 is 11.6 Å². The molecular weight excluding hydrogens is 216 g/mol. The Labute approximate surface area is 92.1 Å². The maximum absolute atomic E-state index is 10.3. The second-order valence-corrected chi connectivity index (χ2v) is 4.32. The second-order valence-electron chi connectivity index (χ2n) is 3.53. The Bertz CT molecular complexity index is 427. The number of isocyanates is 2. The van der Waals surface area contributed by atoms with Crippen LogP contribution in [0, 0.1) is 0 Å². The molecule has 2 unspecified atom stereocenters. The summed E-state index contributed by atoms with van der Waals surface area (Å²) >= 11 is 6.18. The minimum absolute atomic E-state index is 0.379. The van der Waals surface area contributed by atoms with Crippen LogP contribution < -0.4 is 0 Å². The lowest BCUT2D eigenvalue weighted by atomic mass is 9.82. The van der Waals surface area contributed by atoms with Crippen LogP contribution in [0.15, 0.2) is 33.9 Å². The van der Waals surface area contributed by atoms with Crippen molar-refractivity contribution in [1.29, 1.82) is 0 Å². The van der Waals surface area contributed by atoms with Crippen molar-refractivity contribution in [3.05, 3.63) is 23.9 Å². The minimum Gasteiger partial charge on any atom is -0.211 e. The summed E-state index contributed by atoms with van der Waals surface area (Å²) in [5, 5.41) is 0. The fraction of sp³-hybridized carbons (Fsp3) is 0.400. The van der Waals surface area contributed by atoms with Crippen LogP contribution in [0.2, 0.25) is 0 Å². The monoisotopic (exact) mass is 224 g/mol. The first kappa shape index (κ1) is 11.6. The highest BCUT2D eigenvalue weighted by molar-refractivity contribution is 6.26. The molecular formula is C10H9ClN2O2. The fourth-order valence-electron chi connectivity index (χ4n) is 1.25. The predicted molar refractivity (Wildman–Crippen MR) is 56.1 cm³/mol. The summed E-state index contributed by atoms with van der Waals surface area (Å²) in [4.78, 5) is 26.7. The Hall–Kier alpha value is -1.47. The Balaban J connectivity index is 3.27. The van der Waals surface area contributed by atoms with Crippen LogP contribution in [0.1, 0.15) is 13.8 Å². The van der Waals surface area contributed by atoms with Crippen molar-refractivity contribution in [2.75, 3.05) is 0 Å². The Morgan fingerprint density at radius 3 is 2.53 bits per heavy atom. The third-order valence-corrected chi connectivity index (χ3v) is 2.95. The van der Waals surface area contributed by atoms with Crippen molar-refractivity contribution in [3.8, 4) is 0 Å². The number of allylic oxidation sites excluding steroid dienone is 1. The Kier molecular flexibility index (Phi) is 3.06. The van der Waals surface area contributed by atoms with Crippen molar-refractivity contribution >= 4 is 23.8 Å². The van der Waals surface area contributed by atoms with E-state index in [0.29, 0.717) is 5.70 Å². The number of nitrogens with zero attached hydrogens (tertiary/aromatic N) is 2. The molecule has 0 N–H and O–H groups in total. The maximum atomic E-state index is 10.3. The fourth-order valence-corrected chi connectivity index (χ4v) is 1.41. The molecule has 0 fully saturated rings. The van der Waals surface area contributed by atoms with E-state index in [-0.39, 0.29) is 0 Å². The van der Waals surface area contributed by atoms with E-state index in [1.807, 2.05) is 0 Å². The minimum atomic E-state index is -0.958. The first-order chi connectivity index (χ1) is 6.95. The summed E-state index contributed by atoms with van der Waals surface area (Å²) < 4.78 is 0. The van der Waals surface area contributed by atoms with Crippen LogP contribution in [-0.4, -0.2) is 22.6 Å². The van der Waals surface area contributed by atoms with Crippen molar-refractivity contribution in [2.45, 2.75) is 24.3 Å². The molecule has 0 aliphatic heterocycles. The molecule has 0 spiro atoms. The molecule has 0 aromatic heterocycles. The number of hydrogen-bond donors (Lipinski definition) is 0. The largest absolute Gasteiger partial charge is 0.240 e. The van der Waals surface area contributed by atoms with Gasteiger partial charge in [0.05, 0.1) is 10.6 Å². The molecule has 0 aromatic carbocycles. The molecule has 0 saturated heterocycles. The first-order valence-electron chi connectivity index (χ1n) is 4.23. The topological polar surface area (TPSA) is 58.9 Å². The van der Waals surface area contributed by atoms with Gasteiger partial charge in [-0.05, 0) is 26.0 Å². The molecule has 0 amide bonds. The Morgan fingerprint density at radius 2 is 2.00 bits per heavy atom. The number of alkyl halides is 1. The molecule has 1 aliphatic rings. The predicted octanol–water partition coefficient (Wildman–Crippen LogP) is 1.87. The summed E-state index contributed by atoms with van der Waals surface area (Å²) in [6.07, 6.45) is 7.64. The smallest absolute Gasteiger partial charge is 0.211 e. The third kappa shape index (κ3) is 2.13. The highest BCUT2D eigenvalue weighted by atomic mass is 35.5. The summed E-state index contributed by atoms with van der Waals surface area (Å²) in [5.74, 6) is 0. The van der Waals surface area contributed by atoms with Gasteiger partial charge in [-0.25, -0.2) is 9.59 Å². The van der Waals surface area contributed by atoms with Gasteiger partial charge in [0.1, 0.15) is 5.54 Å². The quantitative estimate of drug-likeness (QED) is 0.408. The van der Waals surface area contributed by atoms with Gasteiger partial charge in [0, 0.05) is 0 Å². The number of carbonyl (C=O) groups excluding carboxylic acids is 2. The van der Waals surface area contributed by atoms with Crippen molar-refractivity contribution in [2.24, 2.45) is 9.98 Å². The summed E-state index contributed by atoms with van der Waals surface area (Å²) in [5.41, 5.74) is -0.578. The highest BCUT2D eigenvalue weighted by Gasteiger charge is 2.42. The van der Waals surface area contributed by atoms with Gasteiger partial charge >= 0.3 is 0 Å². The van der Waals surface area contributed by atoms with Crippen LogP contribution in [0.5, 0.6) is 0 Å². The van der Waals surface area contributed by atoms with E-state index in [0.717, 1.165) is 0 Å². The van der Waals surface area contributed by atoms with Gasteiger partial charge in [-0.1, -0.05) is 6.08 Å². The zero-order valence-electron chi connectivity index (χ0n) is 8.32. The maximum Gasteiger partial charge on any atom is 0.240 e. The summed E-state index contributed by atoms with van der Waals surface area (Å²) in [6, 6.07) is 0. The number of halogens is 1. The molecule has 2 atom stereocenters. The average Bonchev–Trinajstić information content (AvgIpc) is 2.13. The second kappa shape index (κ2) is 3.95.